The minimum Gasteiger partial charge on any atom is -0.350 e. The number of nitrogens with two attached hydrogens (primary N) is 1. The molecule has 2 rings (SSSR count). The first-order chi connectivity index (χ1) is 8.58. The molecule has 2 amide bonds. The van der Waals surface area contributed by atoms with Crippen LogP contribution in [0.3, 0.4) is 0 Å². The number of benzene rings is 1. The SMILES string of the molecule is C[C@H](N)C(=O)N[C@H]1Cc2ccccc2CNC1=O. The number of hydrogen-bond acceptors (Lipinski definition) is 3. The number of carbonyl (C=O) groups excluding carboxylic acids is 2. The van der Waals surface area contributed by atoms with Crippen molar-refractivity contribution in [2.75, 3.05) is 0 Å². The molecule has 5 heteroatoms. The Morgan fingerprint density at radius 2 is 2.11 bits per heavy atom. The van der Waals surface area contributed by atoms with E-state index in [1.807, 2.05) is 24.3 Å². The van der Waals surface area contributed by atoms with Gasteiger partial charge in [-0.1, -0.05) is 24.3 Å². The van der Waals surface area contributed by atoms with Crippen LogP contribution in [0.4, 0.5) is 0 Å². The van der Waals surface area contributed by atoms with Gasteiger partial charge in [-0.15, -0.1) is 0 Å². The molecule has 1 aromatic carbocycles. The number of carbonyl (C=O) groups is 2. The van der Waals surface area contributed by atoms with E-state index in [1.165, 1.54) is 0 Å². The maximum absolute atomic E-state index is 11.9. The first-order valence-electron chi connectivity index (χ1n) is 5.98. The molecule has 4 N–H and O–H groups in total. The van der Waals surface area contributed by atoms with E-state index >= 15 is 0 Å². The minimum atomic E-state index is -0.615. The van der Waals surface area contributed by atoms with Gasteiger partial charge in [0.15, 0.2) is 0 Å². The summed E-state index contributed by atoms with van der Waals surface area (Å²) in [5.41, 5.74) is 7.65. The van der Waals surface area contributed by atoms with Crippen molar-refractivity contribution in [1.82, 2.24) is 10.6 Å². The van der Waals surface area contributed by atoms with Crippen LogP contribution in [-0.4, -0.2) is 23.9 Å². The van der Waals surface area contributed by atoms with Crippen LogP contribution in [0.2, 0.25) is 0 Å². The molecule has 1 aliphatic rings. The summed E-state index contributed by atoms with van der Waals surface area (Å²) in [6.07, 6.45) is 0.500. The molecule has 0 fully saturated rings. The molecule has 0 spiro atoms. The molecule has 5 nitrogen and oxygen atoms in total. The molecule has 1 aliphatic heterocycles. The Kier molecular flexibility index (Phi) is 3.62. The van der Waals surface area contributed by atoms with Crippen molar-refractivity contribution in [3.05, 3.63) is 35.4 Å². The zero-order chi connectivity index (χ0) is 13.1. The van der Waals surface area contributed by atoms with Crippen molar-refractivity contribution in [3.63, 3.8) is 0 Å². The summed E-state index contributed by atoms with van der Waals surface area (Å²) in [6.45, 7) is 2.09. The largest absolute Gasteiger partial charge is 0.350 e. The fourth-order valence-electron chi connectivity index (χ4n) is 1.97. The quantitative estimate of drug-likeness (QED) is 0.670. The van der Waals surface area contributed by atoms with Crippen LogP contribution in [0.25, 0.3) is 0 Å². The third kappa shape index (κ3) is 2.68. The molecule has 0 aliphatic carbocycles. The van der Waals surface area contributed by atoms with Gasteiger partial charge in [-0.2, -0.15) is 0 Å². The molecular formula is C13H17N3O2. The molecule has 2 atom stereocenters. The van der Waals surface area contributed by atoms with E-state index in [9.17, 15) is 9.59 Å². The summed E-state index contributed by atoms with van der Waals surface area (Å²) >= 11 is 0. The van der Waals surface area contributed by atoms with Crippen molar-refractivity contribution in [1.29, 1.82) is 0 Å². The Morgan fingerprint density at radius 3 is 2.78 bits per heavy atom. The lowest BCUT2D eigenvalue weighted by Gasteiger charge is -2.17. The van der Waals surface area contributed by atoms with Gasteiger partial charge in [-0.3, -0.25) is 9.59 Å². The van der Waals surface area contributed by atoms with Crippen LogP contribution >= 0.6 is 0 Å². The van der Waals surface area contributed by atoms with Gasteiger partial charge in [0.2, 0.25) is 11.8 Å². The maximum atomic E-state index is 11.9. The molecule has 0 unspecified atom stereocenters. The Balaban J connectivity index is 2.16. The van der Waals surface area contributed by atoms with E-state index < -0.39 is 12.1 Å². The molecule has 0 bridgehead atoms. The highest BCUT2D eigenvalue weighted by molar-refractivity contribution is 5.90. The van der Waals surface area contributed by atoms with Gasteiger partial charge in [-0.25, -0.2) is 0 Å². The van der Waals surface area contributed by atoms with Gasteiger partial charge in [0.1, 0.15) is 6.04 Å². The van der Waals surface area contributed by atoms with Crippen molar-refractivity contribution in [2.45, 2.75) is 32.0 Å². The van der Waals surface area contributed by atoms with Crippen LogP contribution in [0.1, 0.15) is 18.1 Å². The van der Waals surface area contributed by atoms with E-state index in [1.54, 1.807) is 6.92 Å². The maximum Gasteiger partial charge on any atom is 0.243 e. The van der Waals surface area contributed by atoms with Gasteiger partial charge in [-0.05, 0) is 18.1 Å². The van der Waals surface area contributed by atoms with E-state index in [2.05, 4.69) is 10.6 Å². The Labute approximate surface area is 106 Å². The second kappa shape index (κ2) is 5.18. The Bertz CT molecular complexity index is 471. The monoisotopic (exact) mass is 247 g/mol. The highest BCUT2D eigenvalue weighted by Crippen LogP contribution is 2.14. The fraction of sp³-hybridized carbons (Fsp3) is 0.385. The first kappa shape index (κ1) is 12.6. The molecule has 0 radical (unpaired) electrons. The average Bonchev–Trinajstić information content (AvgIpc) is 2.50. The lowest BCUT2D eigenvalue weighted by Crippen LogP contribution is -2.50. The number of amides is 2. The summed E-state index contributed by atoms with van der Waals surface area (Å²) in [7, 11) is 0. The van der Waals surface area contributed by atoms with E-state index in [4.69, 9.17) is 5.73 Å². The van der Waals surface area contributed by atoms with Gasteiger partial charge in [0.25, 0.3) is 0 Å². The van der Waals surface area contributed by atoms with Crippen molar-refractivity contribution in [3.8, 4) is 0 Å². The molecule has 0 saturated carbocycles. The third-order valence-corrected chi connectivity index (χ3v) is 3.04. The van der Waals surface area contributed by atoms with Crippen molar-refractivity contribution < 1.29 is 9.59 Å². The second-order valence-electron chi connectivity index (χ2n) is 4.54. The predicted octanol–water partition coefficient (Wildman–Crippen LogP) is -0.309. The summed E-state index contributed by atoms with van der Waals surface area (Å²) in [6, 6.07) is 6.65. The van der Waals surface area contributed by atoms with Crippen LogP contribution in [0.5, 0.6) is 0 Å². The van der Waals surface area contributed by atoms with Crippen molar-refractivity contribution >= 4 is 11.8 Å². The topological polar surface area (TPSA) is 84.2 Å². The van der Waals surface area contributed by atoms with Gasteiger partial charge >= 0.3 is 0 Å². The molecule has 1 heterocycles. The number of hydrogen-bond donors (Lipinski definition) is 3. The number of nitrogens with one attached hydrogen (secondary N) is 2. The molecule has 18 heavy (non-hydrogen) atoms. The van der Waals surface area contributed by atoms with Gasteiger partial charge in [0.05, 0.1) is 6.04 Å². The van der Waals surface area contributed by atoms with E-state index in [-0.39, 0.29) is 11.8 Å². The third-order valence-electron chi connectivity index (χ3n) is 3.04. The van der Waals surface area contributed by atoms with E-state index in [0.29, 0.717) is 13.0 Å². The molecular weight excluding hydrogens is 230 g/mol. The zero-order valence-electron chi connectivity index (χ0n) is 10.3. The highest BCUT2D eigenvalue weighted by Gasteiger charge is 2.25. The zero-order valence-corrected chi connectivity index (χ0v) is 10.3. The smallest absolute Gasteiger partial charge is 0.243 e. The average molecular weight is 247 g/mol. The molecule has 0 aromatic heterocycles. The summed E-state index contributed by atoms with van der Waals surface area (Å²) < 4.78 is 0. The predicted molar refractivity (Wildman–Crippen MR) is 67.6 cm³/mol. The van der Waals surface area contributed by atoms with Crippen LogP contribution in [0.15, 0.2) is 24.3 Å². The van der Waals surface area contributed by atoms with Gasteiger partial charge < -0.3 is 16.4 Å². The van der Waals surface area contributed by atoms with Crippen molar-refractivity contribution in [2.24, 2.45) is 5.73 Å². The Hall–Kier alpha value is -1.88. The first-order valence-corrected chi connectivity index (χ1v) is 5.98. The van der Waals surface area contributed by atoms with E-state index in [0.717, 1.165) is 11.1 Å². The lowest BCUT2D eigenvalue weighted by molar-refractivity contribution is -0.129. The van der Waals surface area contributed by atoms with Crippen LogP contribution in [-0.2, 0) is 22.6 Å². The fourth-order valence-corrected chi connectivity index (χ4v) is 1.97. The molecule has 1 aromatic rings. The normalized spacial score (nSPS) is 20.3. The van der Waals surface area contributed by atoms with Crippen LogP contribution in [0, 0.1) is 0 Å². The highest BCUT2D eigenvalue weighted by atomic mass is 16.2. The van der Waals surface area contributed by atoms with Crippen LogP contribution < -0.4 is 16.4 Å². The standard InChI is InChI=1S/C13H17N3O2/c1-8(14)12(17)16-11-6-9-4-2-3-5-10(9)7-15-13(11)18/h2-5,8,11H,6-7,14H2,1H3,(H,15,18)(H,16,17)/t8-,11-/m0/s1. The summed E-state index contributed by atoms with van der Waals surface area (Å²) in [5, 5.41) is 5.47. The summed E-state index contributed by atoms with van der Waals surface area (Å²) in [4.78, 5) is 23.4. The minimum absolute atomic E-state index is 0.166. The molecule has 0 saturated heterocycles. The number of rotatable bonds is 2. The van der Waals surface area contributed by atoms with Gasteiger partial charge in [0, 0.05) is 13.0 Å². The second-order valence-corrected chi connectivity index (χ2v) is 4.54. The molecule has 96 valence electrons. The Morgan fingerprint density at radius 1 is 1.44 bits per heavy atom. The lowest BCUT2D eigenvalue weighted by atomic mass is 10.0. The summed E-state index contributed by atoms with van der Waals surface area (Å²) in [5.74, 6) is -0.477. The number of fused-ring (bicyclic) bond motifs is 1.